The van der Waals surface area contributed by atoms with Crippen LogP contribution < -0.4 is 0 Å². The van der Waals surface area contributed by atoms with Gasteiger partial charge in [0.1, 0.15) is 5.82 Å². The van der Waals surface area contributed by atoms with Gasteiger partial charge in [0.2, 0.25) is 0 Å². The number of benzene rings is 1. The van der Waals surface area contributed by atoms with Crippen molar-refractivity contribution in [3.05, 3.63) is 46.3 Å². The normalized spacial score (nSPS) is 10.3. The molecule has 1 heterocycles. The van der Waals surface area contributed by atoms with Crippen LogP contribution in [-0.2, 0) is 0 Å². The Kier molecular flexibility index (Phi) is 2.84. The van der Waals surface area contributed by atoms with Crippen molar-refractivity contribution in [2.75, 3.05) is 0 Å². The molecule has 2 rings (SSSR count). The maximum atomic E-state index is 13.4. The van der Waals surface area contributed by atoms with Gasteiger partial charge in [-0.15, -0.1) is 10.2 Å². The SMILES string of the molecule is Fc1ccccc1-c1cc(Cl)c(Cl)nn1. The average molecular weight is 243 g/mol. The van der Waals surface area contributed by atoms with Crippen LogP contribution >= 0.6 is 23.2 Å². The molecule has 76 valence electrons. The van der Waals surface area contributed by atoms with Crippen molar-refractivity contribution in [1.29, 1.82) is 0 Å². The highest BCUT2D eigenvalue weighted by atomic mass is 35.5. The van der Waals surface area contributed by atoms with Crippen molar-refractivity contribution in [2.24, 2.45) is 0 Å². The first-order chi connectivity index (χ1) is 7.18. The standard InChI is InChI=1S/C10H5Cl2FN2/c11-7-5-9(14-15-10(7)12)6-3-1-2-4-8(6)13/h1-5H. The first kappa shape index (κ1) is 10.3. The first-order valence-corrected chi connectivity index (χ1v) is 4.87. The lowest BCUT2D eigenvalue weighted by Gasteiger charge is -2.02. The maximum Gasteiger partial charge on any atom is 0.170 e. The second-order valence-electron chi connectivity index (χ2n) is 2.85. The molecule has 0 unspecified atom stereocenters. The summed E-state index contributed by atoms with van der Waals surface area (Å²) in [6.45, 7) is 0. The van der Waals surface area contributed by atoms with Crippen LogP contribution in [0.15, 0.2) is 30.3 Å². The lowest BCUT2D eigenvalue weighted by Crippen LogP contribution is -1.91. The Labute approximate surface area is 95.7 Å². The summed E-state index contributed by atoms with van der Waals surface area (Å²) in [4.78, 5) is 0. The Morgan fingerprint density at radius 3 is 2.47 bits per heavy atom. The van der Waals surface area contributed by atoms with Gasteiger partial charge in [0.15, 0.2) is 5.15 Å². The Bertz CT molecular complexity index is 503. The van der Waals surface area contributed by atoms with Gasteiger partial charge in [-0.2, -0.15) is 0 Å². The predicted octanol–water partition coefficient (Wildman–Crippen LogP) is 3.59. The largest absolute Gasteiger partial charge is 0.206 e. The Hall–Kier alpha value is -1.19. The molecule has 0 radical (unpaired) electrons. The summed E-state index contributed by atoms with van der Waals surface area (Å²) in [5.74, 6) is -0.370. The molecule has 0 saturated heterocycles. The molecule has 15 heavy (non-hydrogen) atoms. The van der Waals surface area contributed by atoms with Crippen LogP contribution in [0.2, 0.25) is 10.2 Å². The summed E-state index contributed by atoms with van der Waals surface area (Å²) in [7, 11) is 0. The summed E-state index contributed by atoms with van der Waals surface area (Å²) in [5, 5.41) is 7.74. The van der Waals surface area contributed by atoms with E-state index in [0.717, 1.165) is 0 Å². The van der Waals surface area contributed by atoms with Crippen molar-refractivity contribution in [2.45, 2.75) is 0 Å². The molecule has 0 aliphatic heterocycles. The van der Waals surface area contributed by atoms with E-state index in [2.05, 4.69) is 10.2 Å². The summed E-state index contributed by atoms with van der Waals surface area (Å²) in [6, 6.07) is 7.74. The molecule has 0 aliphatic carbocycles. The molecule has 0 atom stereocenters. The van der Waals surface area contributed by atoms with Crippen LogP contribution in [0.3, 0.4) is 0 Å². The minimum absolute atomic E-state index is 0.108. The third kappa shape index (κ3) is 2.08. The number of hydrogen-bond acceptors (Lipinski definition) is 2. The predicted molar refractivity (Wildman–Crippen MR) is 57.4 cm³/mol. The summed E-state index contributed by atoms with van der Waals surface area (Å²) >= 11 is 11.4. The Morgan fingerprint density at radius 2 is 1.80 bits per heavy atom. The number of aromatic nitrogens is 2. The van der Waals surface area contributed by atoms with E-state index in [1.807, 2.05) is 0 Å². The second kappa shape index (κ2) is 4.13. The lowest BCUT2D eigenvalue weighted by atomic mass is 10.1. The molecule has 0 saturated carbocycles. The molecule has 5 heteroatoms. The Balaban J connectivity index is 2.55. The molecular weight excluding hydrogens is 238 g/mol. The van der Waals surface area contributed by atoms with Crippen LogP contribution in [0.4, 0.5) is 4.39 Å². The van der Waals surface area contributed by atoms with Crippen LogP contribution in [0, 0.1) is 5.82 Å². The number of nitrogens with zero attached hydrogens (tertiary/aromatic N) is 2. The highest BCUT2D eigenvalue weighted by Gasteiger charge is 2.08. The van der Waals surface area contributed by atoms with Gasteiger partial charge < -0.3 is 0 Å². The van der Waals surface area contributed by atoms with Crippen molar-refractivity contribution >= 4 is 23.2 Å². The maximum absolute atomic E-state index is 13.4. The fraction of sp³-hybridized carbons (Fsp3) is 0. The van der Waals surface area contributed by atoms with Crippen molar-refractivity contribution in [3.8, 4) is 11.3 Å². The lowest BCUT2D eigenvalue weighted by molar-refractivity contribution is 0.630. The van der Waals surface area contributed by atoms with E-state index >= 15 is 0 Å². The summed E-state index contributed by atoms with van der Waals surface area (Å²) in [5.41, 5.74) is 0.714. The zero-order valence-corrected chi connectivity index (χ0v) is 8.93. The fourth-order valence-electron chi connectivity index (χ4n) is 1.15. The van der Waals surface area contributed by atoms with Crippen LogP contribution in [0.25, 0.3) is 11.3 Å². The molecule has 0 spiro atoms. The molecular formula is C10H5Cl2FN2. The third-order valence-electron chi connectivity index (χ3n) is 1.86. The Morgan fingerprint density at radius 1 is 1.07 bits per heavy atom. The minimum atomic E-state index is -0.370. The second-order valence-corrected chi connectivity index (χ2v) is 3.61. The fourth-order valence-corrected chi connectivity index (χ4v) is 1.39. The van der Waals surface area contributed by atoms with Gasteiger partial charge in [0.05, 0.1) is 10.7 Å². The van der Waals surface area contributed by atoms with Gasteiger partial charge in [0.25, 0.3) is 0 Å². The third-order valence-corrected chi connectivity index (χ3v) is 2.52. The van der Waals surface area contributed by atoms with E-state index in [9.17, 15) is 4.39 Å². The monoisotopic (exact) mass is 242 g/mol. The topological polar surface area (TPSA) is 25.8 Å². The van der Waals surface area contributed by atoms with Gasteiger partial charge in [-0.3, -0.25) is 0 Å². The highest BCUT2D eigenvalue weighted by molar-refractivity contribution is 6.41. The van der Waals surface area contributed by atoms with E-state index in [1.54, 1.807) is 18.2 Å². The molecule has 0 bridgehead atoms. The first-order valence-electron chi connectivity index (χ1n) is 4.12. The van der Waals surface area contributed by atoms with Crippen LogP contribution in [0.1, 0.15) is 0 Å². The van der Waals surface area contributed by atoms with E-state index < -0.39 is 0 Å². The molecule has 0 aliphatic rings. The molecule has 2 nitrogen and oxygen atoms in total. The van der Waals surface area contributed by atoms with E-state index in [0.29, 0.717) is 11.3 Å². The van der Waals surface area contributed by atoms with E-state index in [4.69, 9.17) is 23.2 Å². The van der Waals surface area contributed by atoms with Crippen molar-refractivity contribution in [1.82, 2.24) is 10.2 Å². The van der Waals surface area contributed by atoms with Gasteiger partial charge >= 0.3 is 0 Å². The quantitative estimate of drug-likeness (QED) is 0.764. The number of hydrogen-bond donors (Lipinski definition) is 0. The van der Waals surface area contributed by atoms with E-state index in [1.165, 1.54) is 12.1 Å². The minimum Gasteiger partial charge on any atom is -0.206 e. The van der Waals surface area contributed by atoms with Crippen LogP contribution in [0.5, 0.6) is 0 Å². The molecule has 1 aromatic carbocycles. The van der Waals surface area contributed by atoms with Crippen LogP contribution in [-0.4, -0.2) is 10.2 Å². The molecule has 2 aromatic rings. The average Bonchev–Trinajstić information content (AvgIpc) is 2.23. The van der Waals surface area contributed by atoms with Crippen molar-refractivity contribution in [3.63, 3.8) is 0 Å². The smallest absolute Gasteiger partial charge is 0.170 e. The number of rotatable bonds is 1. The summed E-state index contributed by atoms with van der Waals surface area (Å²) < 4.78 is 13.4. The van der Waals surface area contributed by atoms with E-state index in [-0.39, 0.29) is 16.0 Å². The van der Waals surface area contributed by atoms with Gasteiger partial charge in [-0.1, -0.05) is 35.3 Å². The zero-order chi connectivity index (χ0) is 10.8. The van der Waals surface area contributed by atoms with Gasteiger partial charge in [-0.05, 0) is 18.2 Å². The molecule has 1 aromatic heterocycles. The molecule has 0 amide bonds. The molecule has 0 fully saturated rings. The zero-order valence-electron chi connectivity index (χ0n) is 7.42. The van der Waals surface area contributed by atoms with Gasteiger partial charge in [-0.25, -0.2) is 4.39 Å². The number of halogens is 3. The van der Waals surface area contributed by atoms with Gasteiger partial charge in [0, 0.05) is 5.56 Å². The van der Waals surface area contributed by atoms with Crippen molar-refractivity contribution < 1.29 is 4.39 Å². The summed E-state index contributed by atoms with van der Waals surface area (Å²) in [6.07, 6.45) is 0. The molecule has 0 N–H and O–H groups in total. The highest BCUT2D eigenvalue weighted by Crippen LogP contribution is 2.25.